The number of carbonyl (C=O) groups is 2. The third kappa shape index (κ3) is 1.51. The van der Waals surface area contributed by atoms with Crippen LogP contribution in [-0.2, 0) is 19.1 Å². The lowest BCUT2D eigenvalue weighted by atomic mass is 9.58. The van der Waals surface area contributed by atoms with Crippen molar-refractivity contribution in [3.63, 3.8) is 0 Å². The minimum absolute atomic E-state index is 0.00692. The van der Waals surface area contributed by atoms with Crippen molar-refractivity contribution in [2.24, 2.45) is 34.5 Å². The third-order valence-corrected chi connectivity index (χ3v) is 8.66. The summed E-state index contributed by atoms with van der Waals surface area (Å²) in [6.45, 7) is 5.91. The molecule has 0 aromatic rings. The van der Waals surface area contributed by atoms with Crippen molar-refractivity contribution < 1.29 is 29.3 Å². The first kappa shape index (κ1) is 16.8. The summed E-state index contributed by atoms with van der Waals surface area (Å²) in [5.74, 6) is -1.42. The van der Waals surface area contributed by atoms with Gasteiger partial charge in [0.2, 0.25) is 0 Å². The van der Waals surface area contributed by atoms with E-state index in [1.165, 1.54) is 12.7 Å². The molecule has 1 heterocycles. The fourth-order valence-electron chi connectivity index (χ4n) is 7.83. The minimum Gasteiger partial charge on any atom is -0.469 e. The van der Waals surface area contributed by atoms with Crippen molar-refractivity contribution in [2.45, 2.75) is 56.8 Å². The Labute approximate surface area is 152 Å². The van der Waals surface area contributed by atoms with Crippen LogP contribution in [0.2, 0.25) is 0 Å². The van der Waals surface area contributed by atoms with Gasteiger partial charge in [0.15, 0.2) is 0 Å². The molecule has 4 aliphatic carbocycles. The zero-order valence-corrected chi connectivity index (χ0v) is 15.2. The molecule has 5 fully saturated rings. The monoisotopic (exact) mass is 362 g/mol. The van der Waals surface area contributed by atoms with E-state index in [0.717, 1.165) is 25.7 Å². The predicted octanol–water partition coefficient (Wildman–Crippen LogP) is 1.20. The summed E-state index contributed by atoms with van der Waals surface area (Å²) in [6, 6.07) is 0. The summed E-state index contributed by atoms with van der Waals surface area (Å²) in [7, 11) is 1.38. The van der Waals surface area contributed by atoms with Crippen LogP contribution in [0.4, 0.5) is 0 Å². The molecule has 6 nitrogen and oxygen atoms in total. The maximum absolute atomic E-state index is 13.0. The van der Waals surface area contributed by atoms with Crippen molar-refractivity contribution in [3.8, 4) is 0 Å². The number of hydrogen-bond acceptors (Lipinski definition) is 6. The molecule has 0 radical (unpaired) electrons. The number of carbonyl (C=O) groups excluding carboxylic acids is 2. The number of rotatable bonds is 1. The van der Waals surface area contributed by atoms with E-state index in [2.05, 4.69) is 6.58 Å². The highest BCUT2D eigenvalue weighted by molar-refractivity contribution is 5.86. The van der Waals surface area contributed by atoms with Gasteiger partial charge in [-0.15, -0.1) is 0 Å². The van der Waals surface area contributed by atoms with Crippen molar-refractivity contribution in [3.05, 3.63) is 12.2 Å². The molecule has 9 atom stereocenters. The van der Waals surface area contributed by atoms with Crippen LogP contribution < -0.4 is 0 Å². The second-order valence-electron chi connectivity index (χ2n) is 9.42. The third-order valence-electron chi connectivity index (χ3n) is 8.66. The van der Waals surface area contributed by atoms with Crippen molar-refractivity contribution >= 4 is 11.9 Å². The van der Waals surface area contributed by atoms with E-state index in [4.69, 9.17) is 9.47 Å². The number of aliphatic hydroxyl groups excluding tert-OH is 2. The molecule has 6 heteroatoms. The summed E-state index contributed by atoms with van der Waals surface area (Å²) < 4.78 is 11.2. The number of esters is 2. The van der Waals surface area contributed by atoms with E-state index in [-0.39, 0.29) is 23.7 Å². The molecule has 1 saturated heterocycles. The molecule has 0 unspecified atom stereocenters. The maximum atomic E-state index is 13.0. The van der Waals surface area contributed by atoms with Gasteiger partial charge in [0.25, 0.3) is 0 Å². The number of methoxy groups -OCH3 is 1. The quantitative estimate of drug-likeness (QED) is 0.538. The van der Waals surface area contributed by atoms with Gasteiger partial charge in [-0.05, 0) is 43.9 Å². The molecule has 1 spiro atoms. The van der Waals surface area contributed by atoms with Gasteiger partial charge < -0.3 is 19.7 Å². The number of hydrogen-bond donors (Lipinski definition) is 2. The van der Waals surface area contributed by atoms with Crippen molar-refractivity contribution in [2.75, 3.05) is 7.11 Å². The molecule has 2 N–H and O–H groups in total. The van der Waals surface area contributed by atoms with Crippen LogP contribution in [0.1, 0.15) is 39.0 Å². The average molecular weight is 362 g/mol. The maximum Gasteiger partial charge on any atom is 0.315 e. The molecule has 4 saturated carbocycles. The van der Waals surface area contributed by atoms with Crippen LogP contribution in [0.15, 0.2) is 12.2 Å². The molecule has 142 valence electrons. The fourth-order valence-corrected chi connectivity index (χ4v) is 7.83. The summed E-state index contributed by atoms with van der Waals surface area (Å²) >= 11 is 0. The van der Waals surface area contributed by atoms with Gasteiger partial charge in [-0.3, -0.25) is 9.59 Å². The average Bonchev–Trinajstić information content (AvgIpc) is 3.06. The van der Waals surface area contributed by atoms with Gasteiger partial charge in [0.05, 0.1) is 25.2 Å². The molecule has 5 rings (SSSR count). The van der Waals surface area contributed by atoms with Crippen molar-refractivity contribution in [1.82, 2.24) is 0 Å². The van der Waals surface area contributed by atoms with Crippen LogP contribution in [0.5, 0.6) is 0 Å². The van der Waals surface area contributed by atoms with Crippen LogP contribution in [-0.4, -0.2) is 47.1 Å². The van der Waals surface area contributed by atoms with Gasteiger partial charge >= 0.3 is 11.9 Å². The highest BCUT2D eigenvalue weighted by Crippen LogP contribution is 2.77. The van der Waals surface area contributed by atoms with Crippen LogP contribution >= 0.6 is 0 Å². The molecular formula is C20H26O6. The smallest absolute Gasteiger partial charge is 0.315 e. The van der Waals surface area contributed by atoms with Gasteiger partial charge in [0.1, 0.15) is 11.0 Å². The first-order valence-corrected chi connectivity index (χ1v) is 9.57. The molecule has 0 aromatic heterocycles. The van der Waals surface area contributed by atoms with Gasteiger partial charge in [0, 0.05) is 18.3 Å². The molecule has 5 aliphatic rings. The van der Waals surface area contributed by atoms with E-state index in [0.29, 0.717) is 5.92 Å². The largest absolute Gasteiger partial charge is 0.469 e. The number of ether oxygens (including phenoxy) is 2. The van der Waals surface area contributed by atoms with Gasteiger partial charge in [-0.25, -0.2) is 0 Å². The lowest BCUT2D eigenvalue weighted by Crippen LogP contribution is -2.59. The van der Waals surface area contributed by atoms with Gasteiger partial charge in [-0.1, -0.05) is 12.2 Å². The highest BCUT2D eigenvalue weighted by atomic mass is 16.6. The highest BCUT2D eigenvalue weighted by Gasteiger charge is 2.84. The van der Waals surface area contributed by atoms with Crippen LogP contribution in [0, 0.1) is 34.5 Å². The Kier molecular flexibility index (Phi) is 3.03. The van der Waals surface area contributed by atoms with Gasteiger partial charge in [-0.2, -0.15) is 0 Å². The minimum atomic E-state index is -1.29. The predicted molar refractivity (Wildman–Crippen MR) is 89.6 cm³/mol. The Morgan fingerprint density at radius 2 is 2.04 bits per heavy atom. The summed E-state index contributed by atoms with van der Waals surface area (Å²) in [4.78, 5) is 25.9. The molecule has 0 amide bonds. The number of aliphatic hydroxyl groups is 2. The Hall–Kier alpha value is -1.40. The standard InChI is InChI=1S/C20H26O6/c1-9-6-19-7-10(9)4-5-12(19)20-8-11(21)15(22)18(2,17(24)26-20)14(20)13(19)16(23)25-3/h10-15,21-22H,1,4-8H2,2-3H3/t10-,11+,12-,13-,14-,15+,18+,19+,20-/m1/s1. The zero-order chi connectivity index (χ0) is 18.6. The van der Waals surface area contributed by atoms with E-state index in [1.54, 1.807) is 6.92 Å². The Balaban J connectivity index is 1.76. The molecule has 26 heavy (non-hydrogen) atoms. The molecule has 4 bridgehead atoms. The normalized spacial score (nSPS) is 56.8. The Morgan fingerprint density at radius 1 is 1.31 bits per heavy atom. The van der Waals surface area contributed by atoms with E-state index < -0.39 is 41.0 Å². The fraction of sp³-hybridized carbons (Fsp3) is 0.800. The van der Waals surface area contributed by atoms with E-state index in [9.17, 15) is 19.8 Å². The lowest BCUT2D eigenvalue weighted by molar-refractivity contribution is -0.165. The second kappa shape index (κ2) is 4.71. The summed E-state index contributed by atoms with van der Waals surface area (Å²) in [6.07, 6.45) is 1.34. The van der Waals surface area contributed by atoms with Crippen molar-refractivity contribution in [1.29, 1.82) is 0 Å². The van der Waals surface area contributed by atoms with Crippen LogP contribution in [0.25, 0.3) is 0 Å². The molecule has 0 aromatic carbocycles. The second-order valence-corrected chi connectivity index (χ2v) is 9.42. The number of allylic oxidation sites excluding steroid dienone is 1. The first-order valence-electron chi connectivity index (χ1n) is 9.57. The topological polar surface area (TPSA) is 93.1 Å². The lowest BCUT2D eigenvalue weighted by Gasteiger charge is -2.46. The summed E-state index contributed by atoms with van der Waals surface area (Å²) in [5, 5.41) is 21.3. The number of fused-ring (bicyclic) bond motifs is 1. The van der Waals surface area contributed by atoms with E-state index >= 15 is 0 Å². The molecule has 1 aliphatic heterocycles. The SMILES string of the molecule is C=C1C[C@]23C[C@H]1CC[C@H]2[C@@]12C[C@H](O)[C@H](O)[C@@](C)(C(=O)O1)[C@H]2[C@@H]3C(=O)OC. The summed E-state index contributed by atoms with van der Waals surface area (Å²) in [5.41, 5.74) is -1.35. The Morgan fingerprint density at radius 3 is 2.73 bits per heavy atom. The van der Waals surface area contributed by atoms with E-state index in [1.807, 2.05) is 0 Å². The zero-order valence-electron chi connectivity index (χ0n) is 15.2. The molecular weight excluding hydrogens is 336 g/mol. The Bertz CT molecular complexity index is 732. The first-order chi connectivity index (χ1) is 12.2. The van der Waals surface area contributed by atoms with Crippen LogP contribution in [0.3, 0.4) is 0 Å².